The Morgan fingerprint density at radius 3 is 2.57 bits per heavy atom. The fourth-order valence-electron chi connectivity index (χ4n) is 4.83. The maximum atomic E-state index is 13.2. The number of esters is 1. The predicted molar refractivity (Wildman–Crippen MR) is 128 cm³/mol. The number of ether oxygens (including phenoxy) is 1. The molecule has 3 aromatic rings. The Morgan fingerprint density at radius 1 is 1.11 bits per heavy atom. The number of hydrogen-bond donors (Lipinski definition) is 2. The molecule has 0 saturated carbocycles. The van der Waals surface area contributed by atoms with Gasteiger partial charge in [-0.2, -0.15) is 0 Å². The molecule has 4 amide bonds. The van der Waals surface area contributed by atoms with Crippen molar-refractivity contribution >= 4 is 34.7 Å². The van der Waals surface area contributed by atoms with Crippen molar-refractivity contribution in [3.05, 3.63) is 70.4 Å². The average Bonchev–Trinajstić information content (AvgIpc) is 3.33. The highest BCUT2D eigenvalue weighted by Gasteiger charge is 2.49. The number of fused-ring (bicyclic) bond motifs is 3. The Labute approximate surface area is 202 Å². The van der Waals surface area contributed by atoms with Gasteiger partial charge in [0, 0.05) is 41.7 Å². The molecule has 2 N–H and O–H groups in total. The number of amides is 4. The topological polar surface area (TPSA) is 112 Å². The van der Waals surface area contributed by atoms with Crippen molar-refractivity contribution < 1.29 is 23.9 Å². The molecule has 3 heterocycles. The number of aromatic nitrogens is 1. The quantitative estimate of drug-likeness (QED) is 0.446. The Kier molecular flexibility index (Phi) is 5.35. The van der Waals surface area contributed by atoms with E-state index >= 15 is 0 Å². The van der Waals surface area contributed by atoms with Gasteiger partial charge in [-0.3, -0.25) is 14.5 Å². The SMILES string of the molecule is COC(=O)c1ccc2[nH]c3c(c2c1)CN(C(=O)CN1C(=O)N[C@@](C)(c2ccc(C)cc2)C1=O)CC3. The molecule has 9 nitrogen and oxygen atoms in total. The van der Waals surface area contributed by atoms with E-state index in [0.29, 0.717) is 30.6 Å². The fraction of sp³-hybridized carbons (Fsp3) is 0.308. The summed E-state index contributed by atoms with van der Waals surface area (Å²) in [6, 6.07) is 12.1. The molecule has 0 unspecified atom stereocenters. The number of hydrogen-bond acceptors (Lipinski definition) is 5. The van der Waals surface area contributed by atoms with Gasteiger partial charge in [-0.05, 0) is 37.6 Å². The van der Waals surface area contributed by atoms with Crippen molar-refractivity contribution in [3.63, 3.8) is 0 Å². The minimum atomic E-state index is -1.22. The number of carbonyl (C=O) groups excluding carboxylic acids is 4. The number of rotatable bonds is 4. The van der Waals surface area contributed by atoms with E-state index < -0.39 is 23.4 Å². The summed E-state index contributed by atoms with van der Waals surface area (Å²) in [6.45, 7) is 4.04. The molecule has 1 aromatic heterocycles. The van der Waals surface area contributed by atoms with E-state index in [1.165, 1.54) is 7.11 Å². The summed E-state index contributed by atoms with van der Waals surface area (Å²) >= 11 is 0. The summed E-state index contributed by atoms with van der Waals surface area (Å²) in [7, 11) is 1.33. The largest absolute Gasteiger partial charge is 0.465 e. The van der Waals surface area contributed by atoms with E-state index in [4.69, 9.17) is 4.74 Å². The first-order chi connectivity index (χ1) is 16.7. The minimum Gasteiger partial charge on any atom is -0.465 e. The third-order valence-electron chi connectivity index (χ3n) is 6.95. The number of benzene rings is 2. The summed E-state index contributed by atoms with van der Waals surface area (Å²) in [5.74, 6) is -1.20. The van der Waals surface area contributed by atoms with Crippen LogP contribution in [0.4, 0.5) is 4.79 Å². The summed E-state index contributed by atoms with van der Waals surface area (Å²) < 4.78 is 4.83. The number of aryl methyl sites for hydroxylation is 1. The van der Waals surface area contributed by atoms with Crippen LogP contribution < -0.4 is 5.32 Å². The van der Waals surface area contributed by atoms with Crippen LogP contribution in [0.2, 0.25) is 0 Å². The zero-order chi connectivity index (χ0) is 24.9. The molecule has 2 aromatic carbocycles. The molecule has 0 bridgehead atoms. The molecule has 0 aliphatic carbocycles. The predicted octanol–water partition coefficient (Wildman–Crippen LogP) is 2.61. The minimum absolute atomic E-state index is 0.314. The van der Waals surface area contributed by atoms with Gasteiger partial charge in [0.1, 0.15) is 12.1 Å². The highest BCUT2D eigenvalue weighted by atomic mass is 16.5. The van der Waals surface area contributed by atoms with Gasteiger partial charge in [-0.1, -0.05) is 29.8 Å². The number of carbonyl (C=O) groups is 4. The first kappa shape index (κ1) is 22.6. The van der Waals surface area contributed by atoms with Crippen molar-refractivity contribution in [1.29, 1.82) is 0 Å². The van der Waals surface area contributed by atoms with Gasteiger partial charge in [0.15, 0.2) is 0 Å². The molecule has 0 spiro atoms. The maximum Gasteiger partial charge on any atom is 0.337 e. The number of imide groups is 1. The number of nitrogens with zero attached hydrogens (tertiary/aromatic N) is 2. The summed E-state index contributed by atoms with van der Waals surface area (Å²) in [4.78, 5) is 57.1. The number of methoxy groups -OCH3 is 1. The molecule has 1 saturated heterocycles. The summed E-state index contributed by atoms with van der Waals surface area (Å²) in [6.07, 6.45) is 0.602. The highest BCUT2D eigenvalue weighted by molar-refractivity contribution is 6.09. The lowest BCUT2D eigenvalue weighted by molar-refractivity contribution is -0.139. The molecular formula is C26H26N4O5. The van der Waals surface area contributed by atoms with Crippen molar-refractivity contribution in [2.24, 2.45) is 0 Å². The van der Waals surface area contributed by atoms with Crippen molar-refractivity contribution in [2.75, 3.05) is 20.2 Å². The van der Waals surface area contributed by atoms with E-state index in [2.05, 4.69) is 10.3 Å². The normalized spacial score (nSPS) is 19.6. The van der Waals surface area contributed by atoms with Gasteiger partial charge in [0.05, 0.1) is 12.7 Å². The van der Waals surface area contributed by atoms with Crippen LogP contribution in [0.5, 0.6) is 0 Å². The molecule has 0 radical (unpaired) electrons. The summed E-state index contributed by atoms with van der Waals surface area (Å²) in [5.41, 5.74) is 3.72. The van der Waals surface area contributed by atoms with Gasteiger partial charge in [0.2, 0.25) is 5.91 Å². The average molecular weight is 475 g/mol. The molecule has 5 rings (SSSR count). The van der Waals surface area contributed by atoms with Crippen LogP contribution in [-0.2, 0) is 32.8 Å². The van der Waals surface area contributed by atoms with Gasteiger partial charge in [-0.15, -0.1) is 0 Å². The van der Waals surface area contributed by atoms with Gasteiger partial charge in [0.25, 0.3) is 5.91 Å². The van der Waals surface area contributed by atoms with Crippen LogP contribution in [0.3, 0.4) is 0 Å². The van der Waals surface area contributed by atoms with Gasteiger partial charge < -0.3 is 19.9 Å². The Morgan fingerprint density at radius 2 is 1.86 bits per heavy atom. The van der Waals surface area contributed by atoms with E-state index in [-0.39, 0.29) is 12.5 Å². The Balaban J connectivity index is 1.35. The molecule has 1 atom stereocenters. The van der Waals surface area contributed by atoms with Crippen LogP contribution in [0.1, 0.15) is 39.7 Å². The lowest BCUT2D eigenvalue weighted by atomic mass is 9.91. The van der Waals surface area contributed by atoms with Crippen molar-refractivity contribution in [3.8, 4) is 0 Å². The van der Waals surface area contributed by atoms with E-state index in [1.54, 1.807) is 24.0 Å². The van der Waals surface area contributed by atoms with Crippen LogP contribution in [0, 0.1) is 6.92 Å². The third kappa shape index (κ3) is 3.73. The molecule has 180 valence electrons. The van der Waals surface area contributed by atoms with Crippen LogP contribution in [-0.4, -0.2) is 58.8 Å². The third-order valence-corrected chi connectivity index (χ3v) is 6.95. The lowest BCUT2D eigenvalue weighted by Gasteiger charge is -2.29. The molecule has 1 fully saturated rings. The van der Waals surface area contributed by atoms with E-state index in [9.17, 15) is 19.2 Å². The lowest BCUT2D eigenvalue weighted by Crippen LogP contribution is -2.45. The van der Waals surface area contributed by atoms with Crippen LogP contribution >= 0.6 is 0 Å². The zero-order valence-electron chi connectivity index (χ0n) is 19.8. The maximum absolute atomic E-state index is 13.2. The van der Waals surface area contributed by atoms with E-state index in [1.807, 2.05) is 37.3 Å². The molecule has 35 heavy (non-hydrogen) atoms. The second kappa shape index (κ2) is 8.26. The zero-order valence-corrected chi connectivity index (χ0v) is 19.8. The van der Waals surface area contributed by atoms with Crippen molar-refractivity contribution in [2.45, 2.75) is 32.4 Å². The number of aromatic amines is 1. The van der Waals surface area contributed by atoms with Crippen LogP contribution in [0.15, 0.2) is 42.5 Å². The number of nitrogens with one attached hydrogen (secondary N) is 2. The highest BCUT2D eigenvalue weighted by Crippen LogP contribution is 2.31. The van der Waals surface area contributed by atoms with E-state index in [0.717, 1.165) is 32.6 Å². The van der Waals surface area contributed by atoms with Crippen molar-refractivity contribution in [1.82, 2.24) is 20.1 Å². The monoisotopic (exact) mass is 474 g/mol. The molecule has 2 aliphatic heterocycles. The standard InChI is InChI=1S/C26H26N4O5/c1-15-4-7-17(8-5-15)26(2)24(33)30(25(34)28-26)14-22(31)29-11-10-21-19(13-29)18-12-16(23(32)35-3)6-9-20(18)27-21/h4-9,12,27H,10-11,13-14H2,1-3H3,(H,28,34)/t26-/m0/s1. The van der Waals surface area contributed by atoms with Gasteiger partial charge in [-0.25, -0.2) is 9.59 Å². The molecular weight excluding hydrogens is 448 g/mol. The Hall–Kier alpha value is -4.14. The number of urea groups is 1. The first-order valence-electron chi connectivity index (χ1n) is 11.4. The Bertz CT molecular complexity index is 1380. The second-order valence-corrected chi connectivity index (χ2v) is 9.21. The second-order valence-electron chi connectivity index (χ2n) is 9.21. The molecule has 9 heteroatoms. The smallest absolute Gasteiger partial charge is 0.337 e. The number of H-pyrrole nitrogens is 1. The fourth-order valence-corrected chi connectivity index (χ4v) is 4.83. The summed E-state index contributed by atoms with van der Waals surface area (Å²) in [5, 5.41) is 3.60. The van der Waals surface area contributed by atoms with Crippen LogP contribution in [0.25, 0.3) is 10.9 Å². The molecule has 2 aliphatic rings. The first-order valence-corrected chi connectivity index (χ1v) is 11.4. The van der Waals surface area contributed by atoms with Gasteiger partial charge >= 0.3 is 12.0 Å².